The van der Waals surface area contributed by atoms with Crippen molar-refractivity contribution in [2.45, 2.75) is 45.4 Å². The molecule has 120 valence electrons. The highest BCUT2D eigenvalue weighted by atomic mass is 32.1. The van der Waals surface area contributed by atoms with Crippen LogP contribution in [0.3, 0.4) is 0 Å². The molecule has 7 heteroatoms. The lowest BCUT2D eigenvalue weighted by Gasteiger charge is -2.25. The maximum absolute atomic E-state index is 12.2. The molecule has 2 heterocycles. The molecule has 1 aliphatic heterocycles. The molecule has 1 saturated carbocycles. The molecule has 0 spiro atoms. The molecule has 1 saturated heterocycles. The number of rotatable bonds is 6. The number of aryl methyl sites for hydroxylation is 1. The van der Waals surface area contributed by atoms with Crippen LogP contribution in [0.4, 0.5) is 5.13 Å². The number of carbonyl (C=O) groups excluding carboxylic acids is 2. The quantitative estimate of drug-likeness (QED) is 0.866. The van der Waals surface area contributed by atoms with Crippen LogP contribution in [-0.4, -0.2) is 35.1 Å². The fourth-order valence-electron chi connectivity index (χ4n) is 2.89. The molecule has 0 aromatic carbocycles. The van der Waals surface area contributed by atoms with Gasteiger partial charge in [0, 0.05) is 19.5 Å². The Morgan fingerprint density at radius 1 is 1.41 bits per heavy atom. The Hall–Kier alpha value is -1.50. The molecular weight excluding hydrogens is 300 g/mol. The summed E-state index contributed by atoms with van der Waals surface area (Å²) in [6.07, 6.45) is 6.06. The molecule has 0 bridgehead atoms. The molecule has 1 aromatic heterocycles. The summed E-state index contributed by atoms with van der Waals surface area (Å²) in [7, 11) is 0. The van der Waals surface area contributed by atoms with Gasteiger partial charge in [-0.25, -0.2) is 0 Å². The summed E-state index contributed by atoms with van der Waals surface area (Å²) >= 11 is 1.43. The van der Waals surface area contributed by atoms with Gasteiger partial charge in [-0.15, -0.1) is 10.2 Å². The van der Waals surface area contributed by atoms with E-state index in [0.29, 0.717) is 11.7 Å². The highest BCUT2D eigenvalue weighted by Gasteiger charge is 2.36. The molecule has 1 atom stereocenters. The first-order valence-corrected chi connectivity index (χ1v) is 8.89. The van der Waals surface area contributed by atoms with Gasteiger partial charge >= 0.3 is 0 Å². The summed E-state index contributed by atoms with van der Waals surface area (Å²) in [5.74, 6) is 0.493. The van der Waals surface area contributed by atoms with E-state index in [1.54, 1.807) is 4.90 Å². The van der Waals surface area contributed by atoms with Crippen molar-refractivity contribution in [3.8, 4) is 0 Å². The largest absolute Gasteiger partial charge is 0.356 e. The third kappa shape index (κ3) is 3.29. The van der Waals surface area contributed by atoms with Gasteiger partial charge in [0.25, 0.3) is 0 Å². The predicted molar refractivity (Wildman–Crippen MR) is 84.7 cm³/mol. The summed E-state index contributed by atoms with van der Waals surface area (Å²) in [5.41, 5.74) is 0. The van der Waals surface area contributed by atoms with Crippen molar-refractivity contribution >= 4 is 28.3 Å². The van der Waals surface area contributed by atoms with Crippen molar-refractivity contribution < 1.29 is 9.59 Å². The van der Waals surface area contributed by atoms with Crippen molar-refractivity contribution in [2.24, 2.45) is 11.8 Å². The van der Waals surface area contributed by atoms with Crippen LogP contribution in [0.1, 0.15) is 44.0 Å². The van der Waals surface area contributed by atoms with E-state index in [1.165, 1.54) is 30.6 Å². The number of amides is 2. The third-order valence-electron chi connectivity index (χ3n) is 4.56. The van der Waals surface area contributed by atoms with E-state index in [9.17, 15) is 9.59 Å². The molecule has 2 aliphatic rings. The van der Waals surface area contributed by atoms with Crippen LogP contribution in [0.25, 0.3) is 0 Å². The summed E-state index contributed by atoms with van der Waals surface area (Å²) < 4.78 is 0. The minimum absolute atomic E-state index is 0.00426. The average molecular weight is 322 g/mol. The topological polar surface area (TPSA) is 75.2 Å². The second-order valence-electron chi connectivity index (χ2n) is 6.11. The monoisotopic (exact) mass is 322 g/mol. The number of anilines is 1. The zero-order chi connectivity index (χ0) is 15.5. The van der Waals surface area contributed by atoms with E-state index in [-0.39, 0.29) is 24.2 Å². The lowest BCUT2D eigenvalue weighted by atomic mass is 9.83. The van der Waals surface area contributed by atoms with Crippen molar-refractivity contribution in [3.63, 3.8) is 0 Å². The molecule has 1 unspecified atom stereocenters. The second kappa shape index (κ2) is 6.73. The van der Waals surface area contributed by atoms with Gasteiger partial charge in [0.05, 0.1) is 5.92 Å². The number of aromatic nitrogens is 2. The number of hydrogen-bond acceptors (Lipinski definition) is 5. The predicted octanol–water partition coefficient (Wildman–Crippen LogP) is 1.76. The molecule has 2 fully saturated rings. The molecule has 0 radical (unpaired) electrons. The number of nitrogens with one attached hydrogen (secondary N) is 1. The van der Waals surface area contributed by atoms with Crippen LogP contribution in [0.5, 0.6) is 0 Å². The Morgan fingerprint density at radius 3 is 2.86 bits per heavy atom. The minimum atomic E-state index is -0.261. The van der Waals surface area contributed by atoms with Gasteiger partial charge in [-0.05, 0) is 18.8 Å². The van der Waals surface area contributed by atoms with Crippen molar-refractivity contribution in [1.29, 1.82) is 0 Å². The standard InChI is InChI=1S/C15H22N4O2S/c1-2-12-17-18-15(22-12)19-9-11(8-13(19)20)14(21)16-7-6-10-4-3-5-10/h10-11H,2-9H2,1H3,(H,16,21). The minimum Gasteiger partial charge on any atom is -0.356 e. The number of nitrogens with zero attached hydrogens (tertiary/aromatic N) is 3. The smallest absolute Gasteiger partial charge is 0.229 e. The molecule has 3 rings (SSSR count). The van der Waals surface area contributed by atoms with Crippen LogP contribution in [0.2, 0.25) is 0 Å². The highest BCUT2D eigenvalue weighted by Crippen LogP contribution is 2.29. The summed E-state index contributed by atoms with van der Waals surface area (Å²) in [4.78, 5) is 25.9. The maximum Gasteiger partial charge on any atom is 0.229 e. The SMILES string of the molecule is CCc1nnc(N2CC(C(=O)NCCC3CCC3)CC2=O)s1. The van der Waals surface area contributed by atoms with Crippen molar-refractivity contribution in [1.82, 2.24) is 15.5 Å². The molecule has 6 nitrogen and oxygen atoms in total. The zero-order valence-electron chi connectivity index (χ0n) is 12.9. The van der Waals surface area contributed by atoms with Crippen LogP contribution in [0.15, 0.2) is 0 Å². The Labute approximate surface area is 134 Å². The van der Waals surface area contributed by atoms with Crippen molar-refractivity contribution in [2.75, 3.05) is 18.0 Å². The van der Waals surface area contributed by atoms with E-state index in [0.717, 1.165) is 30.3 Å². The zero-order valence-corrected chi connectivity index (χ0v) is 13.7. The summed E-state index contributed by atoms with van der Waals surface area (Å²) in [6, 6.07) is 0. The van der Waals surface area contributed by atoms with Gasteiger partial charge < -0.3 is 5.32 Å². The Bertz CT molecular complexity index is 555. The van der Waals surface area contributed by atoms with Gasteiger partial charge in [-0.3, -0.25) is 14.5 Å². The Balaban J connectivity index is 1.50. The maximum atomic E-state index is 12.2. The van der Waals surface area contributed by atoms with Gasteiger partial charge in [-0.2, -0.15) is 0 Å². The van der Waals surface area contributed by atoms with Crippen molar-refractivity contribution in [3.05, 3.63) is 5.01 Å². The van der Waals surface area contributed by atoms with Crippen LogP contribution in [0, 0.1) is 11.8 Å². The highest BCUT2D eigenvalue weighted by molar-refractivity contribution is 7.15. The second-order valence-corrected chi connectivity index (χ2v) is 7.15. The van der Waals surface area contributed by atoms with E-state index in [4.69, 9.17) is 0 Å². The third-order valence-corrected chi connectivity index (χ3v) is 5.65. The summed E-state index contributed by atoms with van der Waals surface area (Å²) in [6.45, 7) is 3.16. The fourth-order valence-corrected chi connectivity index (χ4v) is 3.70. The molecular formula is C15H22N4O2S. The van der Waals surface area contributed by atoms with Gasteiger partial charge in [0.2, 0.25) is 16.9 Å². The van der Waals surface area contributed by atoms with Gasteiger partial charge in [-0.1, -0.05) is 37.5 Å². The van der Waals surface area contributed by atoms with Crippen LogP contribution in [-0.2, 0) is 16.0 Å². The lowest BCUT2D eigenvalue weighted by molar-refractivity contribution is -0.126. The lowest BCUT2D eigenvalue weighted by Crippen LogP contribution is -2.34. The number of carbonyl (C=O) groups is 2. The molecule has 22 heavy (non-hydrogen) atoms. The Morgan fingerprint density at radius 2 is 2.23 bits per heavy atom. The first-order chi connectivity index (χ1) is 10.7. The van der Waals surface area contributed by atoms with E-state index < -0.39 is 0 Å². The first-order valence-electron chi connectivity index (χ1n) is 8.07. The van der Waals surface area contributed by atoms with Gasteiger partial charge in [0.15, 0.2) is 0 Å². The van der Waals surface area contributed by atoms with Gasteiger partial charge in [0.1, 0.15) is 5.01 Å². The molecule has 2 amide bonds. The molecule has 1 aromatic rings. The molecule has 1 aliphatic carbocycles. The van der Waals surface area contributed by atoms with Crippen LogP contribution < -0.4 is 10.2 Å². The van der Waals surface area contributed by atoms with Crippen LogP contribution >= 0.6 is 11.3 Å². The summed E-state index contributed by atoms with van der Waals surface area (Å²) in [5, 5.41) is 12.6. The van der Waals surface area contributed by atoms with E-state index >= 15 is 0 Å². The van der Waals surface area contributed by atoms with E-state index in [2.05, 4.69) is 15.5 Å². The van der Waals surface area contributed by atoms with E-state index in [1.807, 2.05) is 6.92 Å². The molecule has 1 N–H and O–H groups in total. The number of hydrogen-bond donors (Lipinski definition) is 1. The Kier molecular flexibility index (Phi) is 4.71. The normalized spacial score (nSPS) is 22.0. The first kappa shape index (κ1) is 15.4. The fraction of sp³-hybridized carbons (Fsp3) is 0.733. The average Bonchev–Trinajstić information content (AvgIpc) is 3.07.